The molecule has 0 aliphatic carbocycles. The van der Waals surface area contributed by atoms with Crippen LogP contribution in [0.4, 0.5) is 20.3 Å². The number of carbonyl (C=O) groups excluding carboxylic acids is 1. The van der Waals surface area contributed by atoms with Gasteiger partial charge in [0.1, 0.15) is 35.6 Å². The van der Waals surface area contributed by atoms with Crippen molar-refractivity contribution in [3.63, 3.8) is 0 Å². The largest absolute Gasteiger partial charge is 0.362 e. The van der Waals surface area contributed by atoms with E-state index in [9.17, 15) is 10.1 Å². The van der Waals surface area contributed by atoms with Crippen molar-refractivity contribution in [1.29, 1.82) is 5.26 Å². The number of hydrogen-bond acceptors (Lipinski definition) is 7. The maximum Gasteiger partial charge on any atom is 0.228 e. The fourth-order valence-corrected chi connectivity index (χ4v) is 6.51. The number of halogens is 2. The first kappa shape index (κ1) is 27.8. The Bertz CT molecular complexity index is 1640. The monoisotopic (exact) mass is 570 g/mol. The van der Waals surface area contributed by atoms with E-state index in [0.29, 0.717) is 59.0 Å². The third-order valence-corrected chi connectivity index (χ3v) is 8.80. The van der Waals surface area contributed by atoms with Gasteiger partial charge in [0, 0.05) is 42.3 Å². The predicted octanol–water partition coefficient (Wildman–Crippen LogP) is 6.37. The highest BCUT2D eigenvalue weighted by Gasteiger charge is 2.34. The molecule has 0 spiro atoms. The Morgan fingerprint density at radius 3 is 2.60 bits per heavy atom. The van der Waals surface area contributed by atoms with E-state index in [1.165, 1.54) is 35.5 Å². The number of piperidine rings is 1. The molecular formula is C32H32F2N6O2. The summed E-state index contributed by atoms with van der Waals surface area (Å²) in [4.78, 5) is 30.3. The lowest BCUT2D eigenvalue weighted by molar-refractivity contribution is -0.117. The van der Waals surface area contributed by atoms with E-state index in [1.54, 1.807) is 6.07 Å². The molecule has 0 saturated carbocycles. The van der Waals surface area contributed by atoms with Gasteiger partial charge < -0.3 is 9.74 Å². The van der Waals surface area contributed by atoms with Crippen LogP contribution < -0.4 is 9.80 Å². The average Bonchev–Trinajstić information content (AvgIpc) is 3.30. The fraction of sp³-hybridized carbons (Fsp3) is 0.406. The van der Waals surface area contributed by atoms with E-state index in [2.05, 4.69) is 46.5 Å². The van der Waals surface area contributed by atoms with Crippen molar-refractivity contribution >= 4 is 34.0 Å². The highest BCUT2D eigenvalue weighted by molar-refractivity contribution is 6.00. The standard InChI is InChI=1S/C32H32F2N6O2/c1-18-12-19(2)30(38-42-20(18)3)21-8-10-39(11-9-21)32-26-15-23(33)14-25(31(26)36-17-37-32)22-4-6-28(27(34)13-22)40-24(16-35)5-7-29(40)41/h4,6,13-15,17-19,21,24H,3,5,7-12H2,1-2H3. The van der Waals surface area contributed by atoms with E-state index in [0.717, 1.165) is 25.0 Å². The molecule has 42 heavy (non-hydrogen) atoms. The number of oxime groups is 1. The van der Waals surface area contributed by atoms with Gasteiger partial charge in [-0.25, -0.2) is 18.7 Å². The lowest BCUT2D eigenvalue weighted by Gasteiger charge is -2.34. The van der Waals surface area contributed by atoms with Crippen molar-refractivity contribution in [2.24, 2.45) is 22.9 Å². The first-order valence-electron chi connectivity index (χ1n) is 14.4. The molecule has 2 aromatic carbocycles. The summed E-state index contributed by atoms with van der Waals surface area (Å²) in [6, 6.07) is 8.48. The first-order chi connectivity index (χ1) is 20.2. The van der Waals surface area contributed by atoms with Crippen LogP contribution in [0.15, 0.2) is 54.2 Å². The molecule has 0 radical (unpaired) electrons. The molecular weight excluding hydrogens is 538 g/mol. The van der Waals surface area contributed by atoms with Gasteiger partial charge in [0.25, 0.3) is 0 Å². The topological polar surface area (TPSA) is 94.7 Å². The van der Waals surface area contributed by atoms with Gasteiger partial charge in [-0.2, -0.15) is 5.26 Å². The van der Waals surface area contributed by atoms with Crippen LogP contribution in [0.1, 0.15) is 46.0 Å². The van der Waals surface area contributed by atoms with Gasteiger partial charge in [0.2, 0.25) is 5.91 Å². The minimum Gasteiger partial charge on any atom is -0.362 e. The van der Waals surface area contributed by atoms with Crippen molar-refractivity contribution in [1.82, 2.24) is 9.97 Å². The number of anilines is 2. The first-order valence-corrected chi connectivity index (χ1v) is 14.4. The van der Waals surface area contributed by atoms with Gasteiger partial charge >= 0.3 is 0 Å². The summed E-state index contributed by atoms with van der Waals surface area (Å²) in [6.07, 6.45) is 4.66. The molecule has 8 nitrogen and oxygen atoms in total. The number of nitrogens with zero attached hydrogens (tertiary/aromatic N) is 6. The zero-order chi connectivity index (χ0) is 29.5. The molecule has 0 bridgehead atoms. The van der Waals surface area contributed by atoms with Crippen LogP contribution in [-0.2, 0) is 9.63 Å². The lowest BCUT2D eigenvalue weighted by atomic mass is 9.82. The quantitative estimate of drug-likeness (QED) is 0.362. The van der Waals surface area contributed by atoms with E-state index < -0.39 is 17.7 Å². The average molecular weight is 571 g/mol. The van der Waals surface area contributed by atoms with Crippen LogP contribution >= 0.6 is 0 Å². The molecule has 4 heterocycles. The van der Waals surface area contributed by atoms with E-state index in [4.69, 9.17) is 4.84 Å². The highest BCUT2D eigenvalue weighted by atomic mass is 19.1. The van der Waals surface area contributed by atoms with Crippen molar-refractivity contribution in [2.45, 2.75) is 52.0 Å². The minimum absolute atomic E-state index is 0.0449. The number of nitriles is 1. The van der Waals surface area contributed by atoms with Crippen LogP contribution in [0, 0.1) is 40.7 Å². The molecule has 3 atom stereocenters. The summed E-state index contributed by atoms with van der Waals surface area (Å²) in [6.45, 7) is 9.70. The molecule has 0 N–H and O–H groups in total. The number of amides is 1. The number of fused-ring (bicyclic) bond motifs is 1. The Kier molecular flexibility index (Phi) is 7.35. The lowest BCUT2D eigenvalue weighted by Crippen LogP contribution is -2.38. The fourth-order valence-electron chi connectivity index (χ4n) is 6.51. The number of allylic oxidation sites excluding steroid dienone is 1. The van der Waals surface area contributed by atoms with Crippen LogP contribution in [-0.4, -0.2) is 40.7 Å². The summed E-state index contributed by atoms with van der Waals surface area (Å²) in [5, 5.41) is 14.4. The Morgan fingerprint density at radius 1 is 1.07 bits per heavy atom. The Morgan fingerprint density at radius 2 is 1.86 bits per heavy atom. The third kappa shape index (κ3) is 4.97. The van der Waals surface area contributed by atoms with E-state index in [-0.39, 0.29) is 29.9 Å². The highest BCUT2D eigenvalue weighted by Crippen LogP contribution is 2.38. The maximum atomic E-state index is 15.4. The van der Waals surface area contributed by atoms with Crippen LogP contribution in [0.3, 0.4) is 0 Å². The molecule has 216 valence electrons. The molecule has 1 aromatic heterocycles. The number of benzene rings is 2. The van der Waals surface area contributed by atoms with Gasteiger partial charge in [-0.1, -0.05) is 31.6 Å². The summed E-state index contributed by atoms with van der Waals surface area (Å²) >= 11 is 0. The van der Waals surface area contributed by atoms with Gasteiger partial charge in [-0.3, -0.25) is 9.69 Å². The number of rotatable bonds is 4. The minimum atomic E-state index is -0.708. The third-order valence-electron chi connectivity index (χ3n) is 8.80. The molecule has 2 saturated heterocycles. The molecule has 3 aromatic rings. The molecule has 3 unspecified atom stereocenters. The van der Waals surface area contributed by atoms with E-state index in [1.807, 2.05) is 0 Å². The van der Waals surface area contributed by atoms with Crippen molar-refractivity contribution in [3.05, 3.63) is 60.6 Å². The summed E-state index contributed by atoms with van der Waals surface area (Å²) in [5.74, 6) is 0.718. The Labute approximate surface area is 243 Å². The second kappa shape index (κ2) is 11.1. The Hall–Kier alpha value is -4.39. The molecule has 2 fully saturated rings. The second-order valence-electron chi connectivity index (χ2n) is 11.5. The SMILES string of the molecule is C=C1ON=C(C2CCN(c3ncnc4c(-c5ccc(N6C(=O)CCC6C#N)c(F)c5)cc(F)cc34)CC2)C(C)CC1C. The summed E-state index contributed by atoms with van der Waals surface area (Å²) in [7, 11) is 0. The van der Waals surface area contributed by atoms with Crippen molar-refractivity contribution in [2.75, 3.05) is 22.9 Å². The molecule has 6 rings (SSSR count). The molecule has 1 amide bonds. The van der Waals surface area contributed by atoms with Crippen LogP contribution in [0.5, 0.6) is 0 Å². The van der Waals surface area contributed by atoms with Gasteiger partial charge in [0.05, 0.1) is 23.0 Å². The summed E-state index contributed by atoms with van der Waals surface area (Å²) < 4.78 is 30.4. The smallest absolute Gasteiger partial charge is 0.228 e. The van der Waals surface area contributed by atoms with Crippen molar-refractivity contribution in [3.8, 4) is 17.2 Å². The predicted molar refractivity (Wildman–Crippen MR) is 157 cm³/mol. The number of carbonyl (C=O) groups is 1. The van der Waals surface area contributed by atoms with Crippen LogP contribution in [0.2, 0.25) is 0 Å². The number of hydrogen-bond donors (Lipinski definition) is 0. The summed E-state index contributed by atoms with van der Waals surface area (Å²) in [5.41, 5.74) is 2.46. The van der Waals surface area contributed by atoms with E-state index >= 15 is 8.78 Å². The number of aromatic nitrogens is 2. The van der Waals surface area contributed by atoms with Crippen LogP contribution in [0.25, 0.3) is 22.0 Å². The van der Waals surface area contributed by atoms with Gasteiger partial charge in [-0.05, 0) is 61.4 Å². The maximum absolute atomic E-state index is 15.4. The van der Waals surface area contributed by atoms with Crippen molar-refractivity contribution < 1.29 is 18.4 Å². The molecule has 3 aliphatic rings. The molecule has 10 heteroatoms. The normalized spacial score (nSPS) is 23.5. The second-order valence-corrected chi connectivity index (χ2v) is 11.5. The molecule has 3 aliphatic heterocycles. The Balaban J connectivity index is 1.28. The zero-order valence-electron chi connectivity index (χ0n) is 23.7. The van der Waals surface area contributed by atoms with Gasteiger partial charge in [0.15, 0.2) is 0 Å². The zero-order valence-corrected chi connectivity index (χ0v) is 23.7. The van der Waals surface area contributed by atoms with Gasteiger partial charge in [-0.15, -0.1) is 0 Å².